The van der Waals surface area contributed by atoms with Gasteiger partial charge in [-0.15, -0.1) is 0 Å². The van der Waals surface area contributed by atoms with Crippen LogP contribution in [0.3, 0.4) is 0 Å². The second-order valence-electron chi connectivity index (χ2n) is 8.62. The largest absolute Gasteiger partial charge is 0.493 e. The number of imidazole rings is 1. The molecule has 7 heteroatoms. The summed E-state index contributed by atoms with van der Waals surface area (Å²) in [5.74, 6) is 1.11. The molecule has 0 unspecified atom stereocenters. The highest BCUT2D eigenvalue weighted by atomic mass is 16.5. The van der Waals surface area contributed by atoms with Crippen LogP contribution in [0.2, 0.25) is 0 Å². The van der Waals surface area contributed by atoms with Gasteiger partial charge < -0.3 is 18.6 Å². The number of esters is 1. The minimum absolute atomic E-state index is 0.163. The number of rotatable bonds is 7. The molecule has 1 atom stereocenters. The van der Waals surface area contributed by atoms with Crippen LogP contribution in [0.1, 0.15) is 29.3 Å². The molecule has 0 fully saturated rings. The number of ether oxygens (including phenoxy) is 3. The van der Waals surface area contributed by atoms with E-state index in [0.29, 0.717) is 18.0 Å². The average Bonchev–Trinajstić information content (AvgIpc) is 3.27. The summed E-state index contributed by atoms with van der Waals surface area (Å²) in [7, 11) is 4.70. The van der Waals surface area contributed by atoms with Crippen molar-refractivity contribution in [2.75, 3.05) is 27.9 Å². The Kier molecular flexibility index (Phi) is 6.42. The Balaban J connectivity index is 1.59. The summed E-state index contributed by atoms with van der Waals surface area (Å²) in [5, 5.41) is 0. The number of pyridine rings is 1. The van der Waals surface area contributed by atoms with Crippen molar-refractivity contribution in [3.05, 3.63) is 83.7 Å². The molecule has 1 aliphatic heterocycles. The fraction of sp³-hybridized carbons (Fsp3) is 0.286. The molecule has 2 aromatic heterocycles. The van der Waals surface area contributed by atoms with Crippen LogP contribution in [0, 0.1) is 0 Å². The first-order valence-electron chi connectivity index (χ1n) is 11.7. The van der Waals surface area contributed by atoms with Crippen molar-refractivity contribution in [1.82, 2.24) is 14.3 Å². The van der Waals surface area contributed by atoms with Crippen molar-refractivity contribution in [2.45, 2.75) is 25.4 Å². The van der Waals surface area contributed by atoms with Gasteiger partial charge in [0, 0.05) is 30.9 Å². The molecule has 3 heterocycles. The molecule has 0 amide bonds. The van der Waals surface area contributed by atoms with Gasteiger partial charge in [-0.3, -0.25) is 9.69 Å². The van der Waals surface area contributed by atoms with E-state index in [-0.39, 0.29) is 18.4 Å². The molecule has 180 valence electrons. The summed E-state index contributed by atoms with van der Waals surface area (Å²) in [6.45, 7) is 1.42. The molecule has 7 nitrogen and oxygen atoms in total. The molecule has 0 bridgehead atoms. The number of fused-ring (bicyclic) bond motifs is 2. The van der Waals surface area contributed by atoms with Gasteiger partial charge in [0.15, 0.2) is 11.5 Å². The Bertz CT molecular complexity index is 1350. The van der Waals surface area contributed by atoms with Crippen molar-refractivity contribution in [3.63, 3.8) is 0 Å². The number of hydrogen-bond acceptors (Lipinski definition) is 6. The Morgan fingerprint density at radius 2 is 1.74 bits per heavy atom. The zero-order valence-electron chi connectivity index (χ0n) is 20.2. The van der Waals surface area contributed by atoms with E-state index < -0.39 is 0 Å². The van der Waals surface area contributed by atoms with Gasteiger partial charge in [0.1, 0.15) is 5.65 Å². The van der Waals surface area contributed by atoms with Gasteiger partial charge in [0.05, 0.1) is 39.1 Å². The number of carbonyl (C=O) groups excluding carboxylic acids is 1. The van der Waals surface area contributed by atoms with Gasteiger partial charge in [-0.25, -0.2) is 4.98 Å². The van der Waals surface area contributed by atoms with E-state index in [9.17, 15) is 4.79 Å². The second-order valence-corrected chi connectivity index (χ2v) is 8.62. The van der Waals surface area contributed by atoms with Crippen LogP contribution >= 0.6 is 0 Å². The molecule has 0 aliphatic carbocycles. The lowest BCUT2D eigenvalue weighted by molar-refractivity contribution is -0.142. The summed E-state index contributed by atoms with van der Waals surface area (Å²) < 4.78 is 18.3. The van der Waals surface area contributed by atoms with E-state index in [0.717, 1.165) is 46.7 Å². The van der Waals surface area contributed by atoms with Crippen LogP contribution in [0.15, 0.2) is 66.9 Å². The molecule has 0 spiro atoms. The number of benzene rings is 2. The molecule has 0 N–H and O–H groups in total. The predicted octanol–water partition coefficient (Wildman–Crippen LogP) is 4.68. The number of hydrogen-bond donors (Lipinski definition) is 0. The fourth-order valence-electron chi connectivity index (χ4n) is 4.97. The van der Waals surface area contributed by atoms with Crippen molar-refractivity contribution in [3.8, 4) is 22.8 Å². The van der Waals surface area contributed by atoms with Crippen LogP contribution in [-0.4, -0.2) is 48.1 Å². The van der Waals surface area contributed by atoms with Crippen molar-refractivity contribution in [1.29, 1.82) is 0 Å². The van der Waals surface area contributed by atoms with Crippen LogP contribution in [0.5, 0.6) is 11.5 Å². The monoisotopic (exact) mass is 471 g/mol. The summed E-state index contributed by atoms with van der Waals surface area (Å²) >= 11 is 0. The molecule has 5 rings (SSSR count). The SMILES string of the molecule is COC(=O)C[C@H]1c2cc(OC)c(OC)cc2CCN1Cc1c(-c2ccccc2)nc2ccccn12. The average molecular weight is 472 g/mol. The van der Waals surface area contributed by atoms with Gasteiger partial charge in [-0.1, -0.05) is 36.4 Å². The van der Waals surface area contributed by atoms with Crippen LogP contribution in [-0.2, 0) is 22.5 Å². The lowest BCUT2D eigenvalue weighted by atomic mass is 9.89. The summed E-state index contributed by atoms with van der Waals surface area (Å²) in [6.07, 6.45) is 3.13. The van der Waals surface area contributed by atoms with Crippen LogP contribution < -0.4 is 9.47 Å². The van der Waals surface area contributed by atoms with E-state index in [1.165, 1.54) is 7.11 Å². The van der Waals surface area contributed by atoms with Crippen molar-refractivity contribution >= 4 is 11.6 Å². The zero-order chi connectivity index (χ0) is 24.4. The third kappa shape index (κ3) is 4.35. The molecular formula is C28H29N3O4. The number of carbonyl (C=O) groups is 1. The van der Waals surface area contributed by atoms with Gasteiger partial charge in [0.25, 0.3) is 0 Å². The zero-order valence-corrected chi connectivity index (χ0v) is 20.2. The maximum absolute atomic E-state index is 12.5. The van der Waals surface area contributed by atoms with E-state index in [4.69, 9.17) is 19.2 Å². The first-order chi connectivity index (χ1) is 17.1. The van der Waals surface area contributed by atoms with E-state index in [1.807, 2.05) is 54.7 Å². The third-order valence-electron chi connectivity index (χ3n) is 6.73. The molecule has 1 aliphatic rings. The van der Waals surface area contributed by atoms with Gasteiger partial charge >= 0.3 is 5.97 Å². The minimum Gasteiger partial charge on any atom is -0.493 e. The molecule has 0 saturated heterocycles. The lowest BCUT2D eigenvalue weighted by Gasteiger charge is -2.37. The predicted molar refractivity (Wildman–Crippen MR) is 134 cm³/mol. The Morgan fingerprint density at radius 1 is 1.00 bits per heavy atom. The number of nitrogens with zero attached hydrogens (tertiary/aromatic N) is 3. The normalized spacial score (nSPS) is 15.6. The van der Waals surface area contributed by atoms with Crippen LogP contribution in [0.4, 0.5) is 0 Å². The Morgan fingerprint density at radius 3 is 2.49 bits per heavy atom. The maximum Gasteiger partial charge on any atom is 0.307 e. The Hall–Kier alpha value is -3.84. The molecule has 2 aromatic carbocycles. The minimum atomic E-state index is -0.246. The fourth-order valence-corrected chi connectivity index (χ4v) is 4.97. The number of aromatic nitrogens is 2. The molecule has 0 radical (unpaired) electrons. The second kappa shape index (κ2) is 9.80. The summed E-state index contributed by atoms with van der Waals surface area (Å²) in [4.78, 5) is 19.8. The van der Waals surface area contributed by atoms with E-state index >= 15 is 0 Å². The smallest absolute Gasteiger partial charge is 0.307 e. The molecule has 0 saturated carbocycles. The molecular weight excluding hydrogens is 442 g/mol. The number of methoxy groups -OCH3 is 3. The lowest BCUT2D eigenvalue weighted by Crippen LogP contribution is -2.37. The summed E-state index contributed by atoms with van der Waals surface area (Å²) in [5.41, 5.74) is 6.23. The summed E-state index contributed by atoms with van der Waals surface area (Å²) in [6, 6.07) is 20.1. The highest BCUT2D eigenvalue weighted by Crippen LogP contribution is 2.40. The van der Waals surface area contributed by atoms with Crippen molar-refractivity contribution < 1.29 is 19.0 Å². The molecule has 35 heavy (non-hydrogen) atoms. The van der Waals surface area contributed by atoms with E-state index in [2.05, 4.69) is 21.4 Å². The first-order valence-corrected chi connectivity index (χ1v) is 11.7. The first kappa shape index (κ1) is 22.9. The standard InChI is InChI=1S/C28H29N3O4/c1-33-24-15-20-12-14-30(22(17-27(32)35-3)21(20)16-25(24)34-2)18-23-28(19-9-5-4-6-10-19)29-26-11-7-8-13-31(23)26/h4-11,13,15-16,22H,12,14,17-18H2,1-3H3/t22-/m0/s1. The van der Waals surface area contributed by atoms with Crippen LogP contribution in [0.25, 0.3) is 16.9 Å². The molecule has 4 aromatic rings. The highest BCUT2D eigenvalue weighted by Gasteiger charge is 2.32. The highest BCUT2D eigenvalue weighted by molar-refractivity contribution is 5.71. The quantitative estimate of drug-likeness (QED) is 0.365. The van der Waals surface area contributed by atoms with Gasteiger partial charge in [0.2, 0.25) is 0 Å². The topological polar surface area (TPSA) is 65.3 Å². The van der Waals surface area contributed by atoms with Gasteiger partial charge in [-0.05, 0) is 41.8 Å². The van der Waals surface area contributed by atoms with Crippen molar-refractivity contribution in [2.24, 2.45) is 0 Å². The third-order valence-corrected chi connectivity index (χ3v) is 6.73. The van der Waals surface area contributed by atoms with E-state index in [1.54, 1.807) is 14.2 Å². The Labute approximate surface area is 204 Å². The maximum atomic E-state index is 12.5. The van der Waals surface area contributed by atoms with Gasteiger partial charge in [-0.2, -0.15) is 0 Å².